The largest absolute Gasteiger partial charge is 0.497 e. The molecule has 0 spiro atoms. The minimum Gasteiger partial charge on any atom is -0.497 e. The molecule has 2 rings (SSSR count). The predicted octanol–water partition coefficient (Wildman–Crippen LogP) is 1.84. The van der Waals surface area contributed by atoms with E-state index in [9.17, 15) is 0 Å². The van der Waals surface area contributed by atoms with Crippen LogP contribution >= 0.6 is 0 Å². The SMILES string of the molecule is COc1ccc(NC(CN)C2CC2)cc1. The van der Waals surface area contributed by atoms with Gasteiger partial charge in [-0.1, -0.05) is 0 Å². The first-order valence-electron chi connectivity index (χ1n) is 5.44. The van der Waals surface area contributed by atoms with Crippen LogP contribution in [-0.2, 0) is 0 Å². The van der Waals surface area contributed by atoms with Crippen molar-refractivity contribution >= 4 is 5.69 Å². The molecule has 0 aromatic heterocycles. The third-order valence-corrected chi connectivity index (χ3v) is 2.89. The Balaban J connectivity index is 1.96. The highest BCUT2D eigenvalue weighted by Gasteiger charge is 2.29. The van der Waals surface area contributed by atoms with Crippen LogP contribution in [0.3, 0.4) is 0 Å². The maximum Gasteiger partial charge on any atom is 0.119 e. The highest BCUT2D eigenvalue weighted by molar-refractivity contribution is 5.47. The van der Waals surface area contributed by atoms with Crippen LogP contribution in [0.15, 0.2) is 24.3 Å². The fourth-order valence-electron chi connectivity index (χ4n) is 1.77. The second-order valence-corrected chi connectivity index (χ2v) is 4.05. The van der Waals surface area contributed by atoms with Gasteiger partial charge in [0.1, 0.15) is 5.75 Å². The van der Waals surface area contributed by atoms with E-state index in [4.69, 9.17) is 10.5 Å². The Kier molecular flexibility index (Phi) is 3.11. The van der Waals surface area contributed by atoms with Gasteiger partial charge >= 0.3 is 0 Å². The van der Waals surface area contributed by atoms with Crippen LogP contribution in [0, 0.1) is 5.92 Å². The molecule has 1 aromatic rings. The first-order valence-corrected chi connectivity index (χ1v) is 5.44. The Morgan fingerprint density at radius 1 is 1.40 bits per heavy atom. The number of hydrogen-bond acceptors (Lipinski definition) is 3. The minimum atomic E-state index is 0.429. The van der Waals surface area contributed by atoms with Gasteiger partial charge in [-0.2, -0.15) is 0 Å². The second-order valence-electron chi connectivity index (χ2n) is 4.05. The van der Waals surface area contributed by atoms with Crippen molar-refractivity contribution < 1.29 is 4.74 Å². The topological polar surface area (TPSA) is 47.3 Å². The van der Waals surface area contributed by atoms with Crippen molar-refractivity contribution in [3.8, 4) is 5.75 Å². The van der Waals surface area contributed by atoms with Crippen molar-refractivity contribution in [2.45, 2.75) is 18.9 Å². The van der Waals surface area contributed by atoms with Crippen molar-refractivity contribution in [3.63, 3.8) is 0 Å². The fraction of sp³-hybridized carbons (Fsp3) is 0.500. The zero-order chi connectivity index (χ0) is 10.7. The van der Waals surface area contributed by atoms with E-state index in [1.165, 1.54) is 12.8 Å². The molecule has 0 amide bonds. The summed E-state index contributed by atoms with van der Waals surface area (Å²) in [6.07, 6.45) is 2.62. The van der Waals surface area contributed by atoms with Crippen LogP contribution in [0.1, 0.15) is 12.8 Å². The monoisotopic (exact) mass is 206 g/mol. The summed E-state index contributed by atoms with van der Waals surface area (Å²) in [5.74, 6) is 1.66. The lowest BCUT2D eigenvalue weighted by atomic mass is 10.1. The van der Waals surface area contributed by atoms with Crippen molar-refractivity contribution in [1.29, 1.82) is 0 Å². The molecule has 1 aliphatic carbocycles. The van der Waals surface area contributed by atoms with E-state index in [1.807, 2.05) is 24.3 Å². The molecule has 1 saturated carbocycles. The first-order chi connectivity index (χ1) is 7.33. The number of rotatable bonds is 5. The van der Waals surface area contributed by atoms with Crippen molar-refractivity contribution in [3.05, 3.63) is 24.3 Å². The molecule has 3 nitrogen and oxygen atoms in total. The third kappa shape index (κ3) is 2.63. The molecule has 0 radical (unpaired) electrons. The molecule has 1 atom stereocenters. The Labute approximate surface area is 90.6 Å². The summed E-state index contributed by atoms with van der Waals surface area (Å²) in [7, 11) is 1.68. The highest BCUT2D eigenvalue weighted by Crippen LogP contribution is 2.33. The summed E-state index contributed by atoms with van der Waals surface area (Å²) >= 11 is 0. The minimum absolute atomic E-state index is 0.429. The molecular weight excluding hydrogens is 188 g/mol. The summed E-state index contributed by atoms with van der Waals surface area (Å²) in [6, 6.07) is 8.41. The van der Waals surface area contributed by atoms with Gasteiger partial charge in [0.15, 0.2) is 0 Å². The van der Waals surface area contributed by atoms with Gasteiger partial charge in [0.2, 0.25) is 0 Å². The normalized spacial score (nSPS) is 17.2. The molecule has 1 fully saturated rings. The summed E-state index contributed by atoms with van der Waals surface area (Å²) in [5, 5.41) is 3.46. The average molecular weight is 206 g/mol. The molecule has 3 N–H and O–H groups in total. The summed E-state index contributed by atoms with van der Waals surface area (Å²) in [5.41, 5.74) is 6.85. The van der Waals surface area contributed by atoms with Crippen LogP contribution in [0.25, 0.3) is 0 Å². The fourth-order valence-corrected chi connectivity index (χ4v) is 1.77. The van der Waals surface area contributed by atoms with E-state index in [0.29, 0.717) is 12.6 Å². The second kappa shape index (κ2) is 4.53. The van der Waals surface area contributed by atoms with Gasteiger partial charge in [0, 0.05) is 18.3 Å². The molecule has 0 aliphatic heterocycles. The molecule has 82 valence electrons. The highest BCUT2D eigenvalue weighted by atomic mass is 16.5. The van der Waals surface area contributed by atoms with Gasteiger partial charge in [0.05, 0.1) is 7.11 Å². The maximum absolute atomic E-state index is 5.73. The summed E-state index contributed by atoms with van der Waals surface area (Å²) in [4.78, 5) is 0. The Morgan fingerprint density at radius 2 is 2.07 bits per heavy atom. The van der Waals surface area contributed by atoms with Crippen LogP contribution in [-0.4, -0.2) is 19.7 Å². The lowest BCUT2D eigenvalue weighted by molar-refractivity contribution is 0.415. The molecule has 1 aliphatic rings. The van der Waals surface area contributed by atoms with Gasteiger partial charge in [0.25, 0.3) is 0 Å². The zero-order valence-corrected chi connectivity index (χ0v) is 9.07. The molecule has 15 heavy (non-hydrogen) atoms. The van der Waals surface area contributed by atoms with E-state index in [0.717, 1.165) is 17.4 Å². The van der Waals surface area contributed by atoms with Crippen LogP contribution in [0.4, 0.5) is 5.69 Å². The zero-order valence-electron chi connectivity index (χ0n) is 9.07. The molecule has 1 aromatic carbocycles. The molecular formula is C12H18N2O. The number of benzene rings is 1. The Morgan fingerprint density at radius 3 is 2.53 bits per heavy atom. The summed E-state index contributed by atoms with van der Waals surface area (Å²) < 4.78 is 5.11. The number of hydrogen-bond donors (Lipinski definition) is 2. The Hall–Kier alpha value is -1.22. The molecule has 0 saturated heterocycles. The van der Waals surface area contributed by atoms with E-state index in [-0.39, 0.29) is 0 Å². The van der Waals surface area contributed by atoms with Crippen LogP contribution in [0.5, 0.6) is 5.75 Å². The quantitative estimate of drug-likeness (QED) is 0.773. The molecule has 3 heteroatoms. The van der Waals surface area contributed by atoms with Crippen molar-refractivity contribution in [2.75, 3.05) is 19.0 Å². The van der Waals surface area contributed by atoms with E-state index in [1.54, 1.807) is 7.11 Å². The number of anilines is 1. The maximum atomic E-state index is 5.73. The Bertz CT molecular complexity index is 306. The van der Waals surface area contributed by atoms with Gasteiger partial charge < -0.3 is 15.8 Å². The van der Waals surface area contributed by atoms with E-state index < -0.39 is 0 Å². The van der Waals surface area contributed by atoms with Gasteiger partial charge in [-0.3, -0.25) is 0 Å². The van der Waals surface area contributed by atoms with Gasteiger partial charge in [-0.25, -0.2) is 0 Å². The summed E-state index contributed by atoms with van der Waals surface area (Å²) in [6.45, 7) is 0.705. The first kappa shape index (κ1) is 10.3. The molecule has 0 heterocycles. The molecule has 1 unspecified atom stereocenters. The van der Waals surface area contributed by atoms with Crippen molar-refractivity contribution in [2.24, 2.45) is 11.7 Å². The number of ether oxygens (including phenoxy) is 1. The van der Waals surface area contributed by atoms with Gasteiger partial charge in [-0.15, -0.1) is 0 Å². The van der Waals surface area contributed by atoms with Crippen LogP contribution < -0.4 is 15.8 Å². The van der Waals surface area contributed by atoms with Gasteiger partial charge in [-0.05, 0) is 43.0 Å². The lowest BCUT2D eigenvalue weighted by Crippen LogP contribution is -2.30. The standard InChI is InChI=1S/C12H18N2O/c1-15-11-6-4-10(5-7-11)14-12(8-13)9-2-3-9/h4-7,9,12,14H,2-3,8,13H2,1H3. The van der Waals surface area contributed by atoms with Crippen molar-refractivity contribution in [1.82, 2.24) is 0 Å². The average Bonchev–Trinajstić information content (AvgIpc) is 3.10. The number of nitrogens with one attached hydrogen (secondary N) is 1. The number of nitrogens with two attached hydrogens (primary N) is 1. The lowest BCUT2D eigenvalue weighted by Gasteiger charge is -2.17. The number of methoxy groups -OCH3 is 1. The predicted molar refractivity (Wildman–Crippen MR) is 62.2 cm³/mol. The van der Waals surface area contributed by atoms with E-state index >= 15 is 0 Å². The third-order valence-electron chi connectivity index (χ3n) is 2.89. The van der Waals surface area contributed by atoms with E-state index in [2.05, 4.69) is 5.32 Å². The smallest absolute Gasteiger partial charge is 0.119 e. The van der Waals surface area contributed by atoms with Crippen LogP contribution in [0.2, 0.25) is 0 Å². The molecule has 0 bridgehead atoms.